The lowest BCUT2D eigenvalue weighted by Gasteiger charge is -2.10. The quantitative estimate of drug-likeness (QED) is 0.295. The van der Waals surface area contributed by atoms with E-state index in [1.807, 2.05) is 12.1 Å². The Bertz CT molecular complexity index is 744. The highest BCUT2D eigenvalue weighted by atomic mass is 127. The SMILES string of the molecule is O=C(/C=C/c1ccco1)NC(=S)NNC(=O)c1ccccc1I. The molecule has 0 aliphatic rings. The van der Waals surface area contributed by atoms with Gasteiger partial charge in [-0.1, -0.05) is 12.1 Å². The zero-order chi connectivity index (χ0) is 16.7. The van der Waals surface area contributed by atoms with E-state index in [-0.39, 0.29) is 11.0 Å². The molecule has 0 fully saturated rings. The fraction of sp³-hybridized carbons (Fsp3) is 0. The molecule has 118 valence electrons. The number of rotatable bonds is 3. The number of carbonyl (C=O) groups excluding carboxylic acids is 2. The third-order valence-corrected chi connectivity index (χ3v) is 3.73. The fourth-order valence-electron chi connectivity index (χ4n) is 1.55. The van der Waals surface area contributed by atoms with Gasteiger partial charge < -0.3 is 4.42 Å². The molecule has 0 bridgehead atoms. The summed E-state index contributed by atoms with van der Waals surface area (Å²) in [6.07, 6.45) is 4.28. The van der Waals surface area contributed by atoms with Gasteiger partial charge >= 0.3 is 0 Å². The Morgan fingerprint density at radius 3 is 2.61 bits per heavy atom. The van der Waals surface area contributed by atoms with Crippen molar-refractivity contribution in [2.45, 2.75) is 0 Å². The Morgan fingerprint density at radius 1 is 1.13 bits per heavy atom. The number of hydrazine groups is 1. The molecule has 0 unspecified atom stereocenters. The molecular weight excluding hydrogens is 429 g/mol. The molecule has 0 atom stereocenters. The van der Waals surface area contributed by atoms with Gasteiger partial charge in [0.05, 0.1) is 11.8 Å². The minimum atomic E-state index is -0.442. The molecule has 0 spiro atoms. The van der Waals surface area contributed by atoms with E-state index in [0.29, 0.717) is 11.3 Å². The maximum absolute atomic E-state index is 12.0. The first-order valence-corrected chi connectivity index (χ1v) is 7.92. The van der Waals surface area contributed by atoms with Crippen molar-refractivity contribution in [3.8, 4) is 0 Å². The molecule has 6 nitrogen and oxygen atoms in total. The van der Waals surface area contributed by atoms with Crippen LogP contribution >= 0.6 is 34.8 Å². The average Bonchev–Trinajstić information content (AvgIpc) is 3.04. The van der Waals surface area contributed by atoms with Crippen LogP contribution in [-0.4, -0.2) is 16.9 Å². The first-order valence-electron chi connectivity index (χ1n) is 6.43. The summed E-state index contributed by atoms with van der Waals surface area (Å²) in [7, 11) is 0. The van der Waals surface area contributed by atoms with Crippen molar-refractivity contribution < 1.29 is 14.0 Å². The fourth-order valence-corrected chi connectivity index (χ4v) is 2.34. The van der Waals surface area contributed by atoms with E-state index in [2.05, 4.69) is 38.8 Å². The highest BCUT2D eigenvalue weighted by Gasteiger charge is 2.09. The summed E-state index contributed by atoms with van der Waals surface area (Å²) in [5, 5.41) is 2.38. The zero-order valence-corrected chi connectivity index (χ0v) is 14.7. The summed E-state index contributed by atoms with van der Waals surface area (Å²) >= 11 is 6.99. The summed E-state index contributed by atoms with van der Waals surface area (Å²) in [5.74, 6) is -0.244. The lowest BCUT2D eigenvalue weighted by molar-refractivity contribution is -0.115. The molecule has 23 heavy (non-hydrogen) atoms. The predicted molar refractivity (Wildman–Crippen MR) is 98.2 cm³/mol. The van der Waals surface area contributed by atoms with Crippen molar-refractivity contribution >= 4 is 57.8 Å². The molecule has 0 radical (unpaired) electrons. The van der Waals surface area contributed by atoms with Crippen LogP contribution in [-0.2, 0) is 4.79 Å². The van der Waals surface area contributed by atoms with Gasteiger partial charge in [0.15, 0.2) is 5.11 Å². The van der Waals surface area contributed by atoms with Crippen LogP contribution in [0, 0.1) is 3.57 Å². The number of hydrogen-bond donors (Lipinski definition) is 3. The molecular formula is C15H12IN3O3S. The molecule has 2 rings (SSSR count). The molecule has 2 aromatic rings. The van der Waals surface area contributed by atoms with Crippen molar-refractivity contribution in [2.24, 2.45) is 0 Å². The normalized spacial score (nSPS) is 10.3. The Hall–Kier alpha value is -2.20. The minimum Gasteiger partial charge on any atom is -0.465 e. The van der Waals surface area contributed by atoms with Crippen LogP contribution in [0.5, 0.6) is 0 Å². The third kappa shape index (κ3) is 5.49. The Kier molecular flexibility index (Phi) is 6.29. The number of carbonyl (C=O) groups is 2. The summed E-state index contributed by atoms with van der Waals surface area (Å²) in [6, 6.07) is 10.5. The van der Waals surface area contributed by atoms with Crippen LogP contribution in [0.3, 0.4) is 0 Å². The van der Waals surface area contributed by atoms with E-state index in [4.69, 9.17) is 16.6 Å². The second-order valence-corrected chi connectivity index (χ2v) is 5.80. The number of halogens is 1. The predicted octanol–water partition coefficient (Wildman–Crippen LogP) is 2.23. The monoisotopic (exact) mass is 441 g/mol. The molecule has 2 amide bonds. The van der Waals surface area contributed by atoms with Gasteiger partial charge in [0.1, 0.15) is 5.76 Å². The van der Waals surface area contributed by atoms with Gasteiger partial charge in [-0.05, 0) is 65.2 Å². The van der Waals surface area contributed by atoms with Crippen LogP contribution in [0.15, 0.2) is 53.2 Å². The number of benzene rings is 1. The highest BCUT2D eigenvalue weighted by molar-refractivity contribution is 14.1. The number of thiocarbonyl (C=S) groups is 1. The molecule has 3 N–H and O–H groups in total. The van der Waals surface area contributed by atoms with Gasteiger partial charge in [0.25, 0.3) is 5.91 Å². The van der Waals surface area contributed by atoms with E-state index < -0.39 is 5.91 Å². The molecule has 8 heteroatoms. The van der Waals surface area contributed by atoms with Gasteiger partial charge in [-0.15, -0.1) is 0 Å². The summed E-state index contributed by atoms with van der Waals surface area (Å²) < 4.78 is 5.86. The van der Waals surface area contributed by atoms with Gasteiger partial charge in [-0.3, -0.25) is 25.8 Å². The van der Waals surface area contributed by atoms with Crippen molar-refractivity contribution in [3.05, 3.63) is 63.6 Å². The van der Waals surface area contributed by atoms with Gasteiger partial charge in [0, 0.05) is 9.65 Å². The van der Waals surface area contributed by atoms with Crippen molar-refractivity contribution in [2.75, 3.05) is 0 Å². The molecule has 0 aliphatic heterocycles. The summed E-state index contributed by atoms with van der Waals surface area (Å²) in [4.78, 5) is 23.6. The van der Waals surface area contributed by atoms with Crippen molar-refractivity contribution in [3.63, 3.8) is 0 Å². The zero-order valence-electron chi connectivity index (χ0n) is 11.7. The lowest BCUT2D eigenvalue weighted by Crippen LogP contribution is -2.48. The first-order chi connectivity index (χ1) is 11.1. The maximum atomic E-state index is 12.0. The second-order valence-electron chi connectivity index (χ2n) is 4.23. The smallest absolute Gasteiger partial charge is 0.270 e. The Morgan fingerprint density at radius 2 is 1.91 bits per heavy atom. The largest absolute Gasteiger partial charge is 0.465 e. The first kappa shape index (κ1) is 17.2. The van der Waals surface area contributed by atoms with E-state index in [1.165, 1.54) is 18.4 Å². The molecule has 0 saturated carbocycles. The second kappa shape index (κ2) is 8.44. The van der Waals surface area contributed by atoms with Crippen LogP contribution in [0.1, 0.15) is 16.1 Å². The van der Waals surface area contributed by atoms with Crippen LogP contribution in [0.2, 0.25) is 0 Å². The van der Waals surface area contributed by atoms with Gasteiger partial charge in [-0.2, -0.15) is 0 Å². The summed E-state index contributed by atoms with van der Waals surface area (Å²) in [5.41, 5.74) is 5.40. The summed E-state index contributed by atoms with van der Waals surface area (Å²) in [6.45, 7) is 0. The van der Waals surface area contributed by atoms with E-state index in [9.17, 15) is 9.59 Å². The van der Waals surface area contributed by atoms with Crippen molar-refractivity contribution in [1.29, 1.82) is 0 Å². The average molecular weight is 441 g/mol. The van der Waals surface area contributed by atoms with Crippen LogP contribution in [0.25, 0.3) is 6.08 Å². The maximum Gasteiger partial charge on any atom is 0.270 e. The third-order valence-electron chi connectivity index (χ3n) is 2.59. The van der Waals surface area contributed by atoms with Crippen molar-refractivity contribution in [1.82, 2.24) is 16.2 Å². The van der Waals surface area contributed by atoms with Crippen LogP contribution < -0.4 is 16.2 Å². The molecule has 1 aromatic carbocycles. The number of hydrogen-bond acceptors (Lipinski definition) is 4. The Labute approximate surface area is 151 Å². The van der Waals surface area contributed by atoms with E-state index in [0.717, 1.165) is 3.57 Å². The Balaban J connectivity index is 1.80. The lowest BCUT2D eigenvalue weighted by atomic mass is 10.2. The van der Waals surface area contributed by atoms with Crippen LogP contribution in [0.4, 0.5) is 0 Å². The topological polar surface area (TPSA) is 83.4 Å². The molecule has 0 saturated heterocycles. The molecule has 0 aliphatic carbocycles. The van der Waals surface area contributed by atoms with Gasteiger partial charge in [-0.25, -0.2) is 0 Å². The minimum absolute atomic E-state index is 0.0154. The van der Waals surface area contributed by atoms with Gasteiger partial charge in [0.2, 0.25) is 5.91 Å². The standard InChI is InChI=1S/C15H12IN3O3S/c16-12-6-2-1-5-11(12)14(21)18-19-15(23)17-13(20)8-7-10-4-3-9-22-10/h1-9H,(H,18,21)(H2,17,19,20,23)/b8-7+. The highest BCUT2D eigenvalue weighted by Crippen LogP contribution is 2.10. The number of amides is 2. The number of nitrogens with one attached hydrogen (secondary N) is 3. The van der Waals surface area contributed by atoms with E-state index >= 15 is 0 Å². The molecule has 1 heterocycles. The van der Waals surface area contributed by atoms with E-state index in [1.54, 1.807) is 24.3 Å². The number of furan rings is 1. The molecule has 1 aromatic heterocycles.